The second kappa shape index (κ2) is 6.64. The summed E-state index contributed by atoms with van der Waals surface area (Å²) in [5.41, 5.74) is 4.94. The summed E-state index contributed by atoms with van der Waals surface area (Å²) >= 11 is 1.55. The summed E-state index contributed by atoms with van der Waals surface area (Å²) < 4.78 is 1.86. The van der Waals surface area contributed by atoms with Crippen molar-refractivity contribution in [2.45, 2.75) is 40.0 Å². The summed E-state index contributed by atoms with van der Waals surface area (Å²) in [6.07, 6.45) is 1.98. The van der Waals surface area contributed by atoms with Gasteiger partial charge in [0, 0.05) is 5.69 Å². The van der Waals surface area contributed by atoms with Gasteiger partial charge in [0.1, 0.15) is 11.1 Å². The largest absolute Gasteiger partial charge is 0.230 e. The molecule has 1 heterocycles. The van der Waals surface area contributed by atoms with E-state index in [0.29, 0.717) is 5.57 Å². The molecule has 1 aromatic heterocycles. The maximum Gasteiger partial charge on any atom is 0.116 e. The van der Waals surface area contributed by atoms with Crippen molar-refractivity contribution < 1.29 is 0 Å². The van der Waals surface area contributed by atoms with Gasteiger partial charge >= 0.3 is 0 Å². The van der Waals surface area contributed by atoms with Crippen LogP contribution in [-0.2, 0) is 5.41 Å². The number of nitrogens with zero attached hydrogens (tertiary/aromatic N) is 3. The van der Waals surface area contributed by atoms with E-state index < -0.39 is 0 Å². The monoisotopic (exact) mass is 325 g/mol. The fraction of sp³-hybridized carbons (Fsp3) is 0.368. The quantitative estimate of drug-likeness (QED) is 0.745. The molecule has 0 saturated heterocycles. The number of rotatable bonds is 3. The summed E-state index contributed by atoms with van der Waals surface area (Å²) in [7, 11) is 0. The van der Waals surface area contributed by atoms with Gasteiger partial charge in [-0.05, 0) is 42.7 Å². The zero-order chi connectivity index (χ0) is 17.2. The van der Waals surface area contributed by atoms with E-state index in [0.717, 1.165) is 22.0 Å². The molecule has 1 aromatic carbocycles. The number of thioether (sulfide) groups is 1. The van der Waals surface area contributed by atoms with Crippen LogP contribution < -0.4 is 0 Å². The van der Waals surface area contributed by atoms with Crippen molar-refractivity contribution in [2.24, 2.45) is 0 Å². The van der Waals surface area contributed by atoms with E-state index >= 15 is 0 Å². The third-order valence-electron chi connectivity index (χ3n) is 3.76. The second-order valence-electron chi connectivity index (χ2n) is 6.66. The SMILES string of the molecule is CSC(=C(C#N)c1ccc(C(C)(C)C)cc1)n1nc(C)cc1C. The summed E-state index contributed by atoms with van der Waals surface area (Å²) in [4.78, 5) is 0. The van der Waals surface area contributed by atoms with Gasteiger partial charge in [-0.25, -0.2) is 4.68 Å². The lowest BCUT2D eigenvalue weighted by Crippen LogP contribution is -2.10. The minimum absolute atomic E-state index is 0.104. The Morgan fingerprint density at radius 3 is 2.17 bits per heavy atom. The van der Waals surface area contributed by atoms with Gasteiger partial charge < -0.3 is 0 Å². The number of aryl methyl sites for hydroxylation is 2. The Morgan fingerprint density at radius 1 is 1.17 bits per heavy atom. The van der Waals surface area contributed by atoms with Crippen LogP contribution in [-0.4, -0.2) is 16.0 Å². The lowest BCUT2D eigenvalue weighted by atomic mass is 9.86. The zero-order valence-corrected chi connectivity index (χ0v) is 15.5. The van der Waals surface area contributed by atoms with Crippen molar-refractivity contribution in [2.75, 3.05) is 6.26 Å². The van der Waals surface area contributed by atoms with Crippen LogP contribution in [0.15, 0.2) is 30.3 Å². The molecule has 3 nitrogen and oxygen atoms in total. The van der Waals surface area contributed by atoms with Crippen LogP contribution in [0.3, 0.4) is 0 Å². The fourth-order valence-electron chi connectivity index (χ4n) is 2.50. The molecule has 0 amide bonds. The summed E-state index contributed by atoms with van der Waals surface area (Å²) in [5.74, 6) is 0. The number of aromatic nitrogens is 2. The van der Waals surface area contributed by atoms with Crippen LogP contribution >= 0.6 is 11.8 Å². The third kappa shape index (κ3) is 3.68. The molecule has 120 valence electrons. The van der Waals surface area contributed by atoms with Crippen molar-refractivity contribution in [3.63, 3.8) is 0 Å². The number of hydrogen-bond acceptors (Lipinski definition) is 3. The Balaban J connectivity index is 2.56. The first kappa shape index (κ1) is 17.4. The van der Waals surface area contributed by atoms with Gasteiger partial charge in [-0.3, -0.25) is 0 Å². The van der Waals surface area contributed by atoms with Gasteiger partial charge in [0.25, 0.3) is 0 Å². The molecule has 0 bridgehead atoms. The van der Waals surface area contributed by atoms with Crippen LogP contribution in [0.1, 0.15) is 43.3 Å². The fourth-order valence-corrected chi connectivity index (χ4v) is 3.23. The minimum atomic E-state index is 0.104. The van der Waals surface area contributed by atoms with Crippen molar-refractivity contribution in [3.8, 4) is 6.07 Å². The smallest absolute Gasteiger partial charge is 0.116 e. The highest BCUT2D eigenvalue weighted by Crippen LogP contribution is 2.31. The van der Waals surface area contributed by atoms with E-state index in [1.54, 1.807) is 11.8 Å². The Labute approximate surface area is 143 Å². The highest BCUT2D eigenvalue weighted by Gasteiger charge is 2.16. The Kier molecular flexibility index (Phi) is 5.01. The standard InChI is InChI=1S/C19H23N3S/c1-13-11-14(2)22(21-13)18(23-6)17(12-20)15-7-9-16(10-8-15)19(3,4)5/h7-11H,1-6H3. The predicted molar refractivity (Wildman–Crippen MR) is 99.1 cm³/mol. The van der Waals surface area contributed by atoms with E-state index in [1.165, 1.54) is 5.56 Å². The molecule has 0 N–H and O–H groups in total. The predicted octanol–water partition coefficient (Wildman–Crippen LogP) is 5.01. The molecule has 2 rings (SSSR count). The van der Waals surface area contributed by atoms with Crippen LogP contribution in [0.25, 0.3) is 10.6 Å². The number of hydrogen-bond donors (Lipinski definition) is 0. The van der Waals surface area contributed by atoms with Crippen molar-refractivity contribution in [1.29, 1.82) is 5.26 Å². The van der Waals surface area contributed by atoms with Crippen molar-refractivity contribution in [3.05, 3.63) is 52.8 Å². The number of benzene rings is 1. The first-order valence-corrected chi connectivity index (χ1v) is 8.83. The highest BCUT2D eigenvalue weighted by atomic mass is 32.2. The minimum Gasteiger partial charge on any atom is -0.230 e. The molecule has 2 aromatic rings. The van der Waals surface area contributed by atoms with E-state index in [9.17, 15) is 5.26 Å². The van der Waals surface area contributed by atoms with E-state index in [2.05, 4.69) is 44.1 Å². The maximum absolute atomic E-state index is 9.71. The lowest BCUT2D eigenvalue weighted by molar-refractivity contribution is 0.590. The number of allylic oxidation sites excluding steroid dienone is 1. The maximum atomic E-state index is 9.71. The zero-order valence-electron chi connectivity index (χ0n) is 14.6. The first-order valence-electron chi connectivity index (χ1n) is 7.61. The van der Waals surface area contributed by atoms with Gasteiger partial charge in [0.15, 0.2) is 0 Å². The average Bonchev–Trinajstić information content (AvgIpc) is 2.82. The Bertz CT molecular complexity index is 768. The average molecular weight is 325 g/mol. The summed E-state index contributed by atoms with van der Waals surface area (Å²) in [6.45, 7) is 10.5. The molecule has 0 aliphatic carbocycles. The van der Waals surface area contributed by atoms with Crippen LogP contribution in [0.4, 0.5) is 0 Å². The van der Waals surface area contributed by atoms with Gasteiger partial charge in [0.05, 0.1) is 11.3 Å². The summed E-state index contributed by atoms with van der Waals surface area (Å²) in [5, 5.41) is 15.1. The Morgan fingerprint density at radius 2 is 1.78 bits per heavy atom. The van der Waals surface area contributed by atoms with Gasteiger partial charge in [-0.1, -0.05) is 45.0 Å². The molecule has 0 aliphatic rings. The van der Waals surface area contributed by atoms with Crippen LogP contribution in [0.2, 0.25) is 0 Å². The van der Waals surface area contributed by atoms with Crippen LogP contribution in [0.5, 0.6) is 0 Å². The van der Waals surface area contributed by atoms with E-state index in [-0.39, 0.29) is 5.41 Å². The molecule has 0 spiro atoms. The molecule has 0 fully saturated rings. The molecular formula is C19H23N3S. The molecular weight excluding hydrogens is 302 g/mol. The molecule has 0 unspecified atom stereocenters. The normalized spacial score (nSPS) is 12.7. The van der Waals surface area contributed by atoms with Gasteiger partial charge in [0.2, 0.25) is 0 Å². The van der Waals surface area contributed by atoms with E-state index in [1.807, 2.05) is 43.0 Å². The van der Waals surface area contributed by atoms with Crippen molar-refractivity contribution in [1.82, 2.24) is 9.78 Å². The molecule has 0 saturated carbocycles. The molecule has 4 heteroatoms. The Hall–Kier alpha value is -1.99. The first-order chi connectivity index (χ1) is 10.8. The van der Waals surface area contributed by atoms with E-state index in [4.69, 9.17) is 0 Å². The van der Waals surface area contributed by atoms with Crippen molar-refractivity contribution >= 4 is 22.4 Å². The molecule has 0 radical (unpaired) electrons. The highest BCUT2D eigenvalue weighted by molar-refractivity contribution is 8.07. The second-order valence-corrected chi connectivity index (χ2v) is 7.46. The lowest BCUT2D eigenvalue weighted by Gasteiger charge is -2.19. The van der Waals surface area contributed by atoms with Gasteiger partial charge in [-0.15, -0.1) is 11.8 Å². The molecule has 0 atom stereocenters. The molecule has 0 aliphatic heterocycles. The van der Waals surface area contributed by atoms with Gasteiger partial charge in [-0.2, -0.15) is 10.4 Å². The molecule has 23 heavy (non-hydrogen) atoms. The summed E-state index contributed by atoms with van der Waals surface area (Å²) in [6, 6.07) is 12.6. The number of nitriles is 1. The van der Waals surface area contributed by atoms with Crippen LogP contribution in [0, 0.1) is 25.2 Å². The topological polar surface area (TPSA) is 41.6 Å². The third-order valence-corrected chi connectivity index (χ3v) is 4.52.